The molecule has 5 heteroatoms. The standard InChI is InChI=1S/C23H26N4O/c28-22(24-19-13-5-8-16-7-1-2-10-18(16)19)17-9-6-14-27(15-17)23-25-20-11-3-4-12-21(20)26-23/h1-4,7,10-12,17,19H,5-6,8-9,13-15H2,(H,24,28)(H,25,26)/t17-,19+/m0/s1. The molecule has 0 unspecified atom stereocenters. The highest BCUT2D eigenvalue weighted by Gasteiger charge is 2.30. The molecular weight excluding hydrogens is 348 g/mol. The lowest BCUT2D eigenvalue weighted by Crippen LogP contribution is -2.44. The number of carbonyl (C=O) groups excluding carboxylic acids is 1. The number of imidazole rings is 1. The van der Waals surface area contributed by atoms with Crippen molar-refractivity contribution in [2.45, 2.75) is 38.1 Å². The van der Waals surface area contributed by atoms with E-state index in [2.05, 4.69) is 39.5 Å². The van der Waals surface area contributed by atoms with Crippen molar-refractivity contribution in [3.05, 3.63) is 59.7 Å². The van der Waals surface area contributed by atoms with E-state index in [-0.39, 0.29) is 17.9 Å². The molecule has 5 nitrogen and oxygen atoms in total. The summed E-state index contributed by atoms with van der Waals surface area (Å²) in [6, 6.07) is 16.8. The normalized spacial score (nSPS) is 22.1. The number of benzene rings is 2. The van der Waals surface area contributed by atoms with E-state index in [1.807, 2.05) is 24.3 Å². The number of amides is 1. The first-order valence-electron chi connectivity index (χ1n) is 10.4. The first kappa shape index (κ1) is 17.3. The Morgan fingerprint density at radius 3 is 2.86 bits per heavy atom. The van der Waals surface area contributed by atoms with E-state index in [9.17, 15) is 4.79 Å². The first-order valence-corrected chi connectivity index (χ1v) is 10.4. The molecule has 1 aliphatic heterocycles. The van der Waals surface area contributed by atoms with Crippen LogP contribution >= 0.6 is 0 Å². The molecule has 1 aromatic heterocycles. The van der Waals surface area contributed by atoms with Crippen LogP contribution in [0.2, 0.25) is 0 Å². The number of anilines is 1. The largest absolute Gasteiger partial charge is 0.349 e. The Bertz CT molecular complexity index is 962. The van der Waals surface area contributed by atoms with E-state index in [1.165, 1.54) is 11.1 Å². The molecule has 0 bridgehead atoms. The van der Waals surface area contributed by atoms with Crippen LogP contribution in [0, 0.1) is 5.92 Å². The molecule has 0 spiro atoms. The van der Waals surface area contributed by atoms with E-state index in [0.717, 1.165) is 62.2 Å². The van der Waals surface area contributed by atoms with Gasteiger partial charge in [0, 0.05) is 13.1 Å². The van der Waals surface area contributed by atoms with Crippen molar-refractivity contribution in [2.24, 2.45) is 5.92 Å². The molecule has 2 aromatic carbocycles. The number of aromatic nitrogens is 2. The predicted molar refractivity (Wildman–Crippen MR) is 111 cm³/mol. The summed E-state index contributed by atoms with van der Waals surface area (Å²) in [6.07, 6.45) is 5.24. The maximum atomic E-state index is 13.1. The molecule has 0 radical (unpaired) electrons. The van der Waals surface area contributed by atoms with Crippen molar-refractivity contribution < 1.29 is 4.79 Å². The van der Waals surface area contributed by atoms with Crippen LogP contribution in [0.4, 0.5) is 5.95 Å². The number of nitrogens with zero attached hydrogens (tertiary/aromatic N) is 2. The first-order chi connectivity index (χ1) is 13.8. The minimum Gasteiger partial charge on any atom is -0.349 e. The predicted octanol–water partition coefficient (Wildman–Crippen LogP) is 3.97. The van der Waals surface area contributed by atoms with E-state index in [0.29, 0.717) is 0 Å². The van der Waals surface area contributed by atoms with Crippen molar-refractivity contribution >= 4 is 22.9 Å². The third kappa shape index (κ3) is 3.26. The van der Waals surface area contributed by atoms with Crippen molar-refractivity contribution in [2.75, 3.05) is 18.0 Å². The molecule has 1 saturated heterocycles. The minimum atomic E-state index is 0.0102. The van der Waals surface area contributed by atoms with E-state index < -0.39 is 0 Å². The van der Waals surface area contributed by atoms with Gasteiger partial charge in [-0.3, -0.25) is 4.79 Å². The summed E-state index contributed by atoms with van der Waals surface area (Å²) < 4.78 is 0. The van der Waals surface area contributed by atoms with Gasteiger partial charge in [-0.15, -0.1) is 0 Å². The van der Waals surface area contributed by atoms with Crippen LogP contribution in [0.25, 0.3) is 11.0 Å². The second kappa shape index (κ2) is 7.30. The fourth-order valence-corrected chi connectivity index (χ4v) is 4.67. The highest BCUT2D eigenvalue weighted by atomic mass is 16.2. The van der Waals surface area contributed by atoms with E-state index >= 15 is 0 Å². The third-order valence-electron chi connectivity index (χ3n) is 6.15. The Morgan fingerprint density at radius 1 is 1.07 bits per heavy atom. The number of hydrogen-bond donors (Lipinski definition) is 2. The van der Waals surface area contributed by atoms with Crippen LogP contribution in [0.15, 0.2) is 48.5 Å². The highest BCUT2D eigenvalue weighted by Crippen LogP contribution is 2.30. The number of hydrogen-bond acceptors (Lipinski definition) is 3. The van der Waals surface area contributed by atoms with Crippen LogP contribution in [-0.4, -0.2) is 29.0 Å². The van der Waals surface area contributed by atoms with Crippen molar-refractivity contribution in [1.29, 1.82) is 0 Å². The van der Waals surface area contributed by atoms with Crippen LogP contribution in [0.3, 0.4) is 0 Å². The topological polar surface area (TPSA) is 61.0 Å². The van der Waals surface area contributed by atoms with Crippen LogP contribution in [0.1, 0.15) is 42.9 Å². The fraction of sp³-hybridized carbons (Fsp3) is 0.391. The number of aromatic amines is 1. The Labute approximate surface area is 165 Å². The van der Waals surface area contributed by atoms with Gasteiger partial charge in [0.05, 0.1) is 23.0 Å². The molecule has 1 amide bonds. The number of para-hydroxylation sites is 2. The Morgan fingerprint density at radius 2 is 1.93 bits per heavy atom. The summed E-state index contributed by atoms with van der Waals surface area (Å²) in [7, 11) is 0. The molecule has 28 heavy (non-hydrogen) atoms. The van der Waals surface area contributed by atoms with E-state index in [1.54, 1.807) is 0 Å². The van der Waals surface area contributed by atoms with Gasteiger partial charge in [0.25, 0.3) is 0 Å². The summed E-state index contributed by atoms with van der Waals surface area (Å²) in [4.78, 5) is 23.4. The Kier molecular flexibility index (Phi) is 4.51. The van der Waals surface area contributed by atoms with Crippen molar-refractivity contribution in [1.82, 2.24) is 15.3 Å². The Balaban J connectivity index is 1.29. The lowest BCUT2D eigenvalue weighted by molar-refractivity contribution is -0.126. The average molecular weight is 374 g/mol. The van der Waals surface area contributed by atoms with Gasteiger partial charge in [0.2, 0.25) is 11.9 Å². The monoisotopic (exact) mass is 374 g/mol. The third-order valence-corrected chi connectivity index (χ3v) is 6.15. The summed E-state index contributed by atoms with van der Waals surface area (Å²) in [5.41, 5.74) is 4.70. The number of fused-ring (bicyclic) bond motifs is 2. The average Bonchev–Trinajstić information content (AvgIpc) is 3.18. The molecule has 2 aliphatic rings. The lowest BCUT2D eigenvalue weighted by atomic mass is 9.87. The number of nitrogens with one attached hydrogen (secondary N) is 2. The Hall–Kier alpha value is -2.82. The van der Waals surface area contributed by atoms with Gasteiger partial charge in [-0.25, -0.2) is 4.98 Å². The van der Waals surface area contributed by atoms with Gasteiger partial charge in [-0.1, -0.05) is 36.4 Å². The van der Waals surface area contributed by atoms with Gasteiger partial charge in [-0.05, 0) is 55.4 Å². The molecule has 0 saturated carbocycles. The number of rotatable bonds is 3. The van der Waals surface area contributed by atoms with Crippen LogP contribution in [0.5, 0.6) is 0 Å². The van der Waals surface area contributed by atoms with Gasteiger partial charge >= 0.3 is 0 Å². The van der Waals surface area contributed by atoms with Gasteiger partial charge in [0.15, 0.2) is 0 Å². The summed E-state index contributed by atoms with van der Waals surface area (Å²) in [5.74, 6) is 1.07. The van der Waals surface area contributed by atoms with Gasteiger partial charge in [0.1, 0.15) is 0 Å². The van der Waals surface area contributed by atoms with Gasteiger partial charge < -0.3 is 15.2 Å². The van der Waals surface area contributed by atoms with E-state index in [4.69, 9.17) is 4.98 Å². The SMILES string of the molecule is O=C(N[C@@H]1CCCc2ccccc21)[C@H]1CCCN(c2nc3ccccc3[nH]2)C1. The quantitative estimate of drug-likeness (QED) is 0.729. The lowest BCUT2D eigenvalue weighted by Gasteiger charge is -2.33. The molecular formula is C23H26N4O. The zero-order chi connectivity index (χ0) is 18.9. The van der Waals surface area contributed by atoms with Crippen molar-refractivity contribution in [3.8, 4) is 0 Å². The number of H-pyrrole nitrogens is 1. The highest BCUT2D eigenvalue weighted by molar-refractivity contribution is 5.81. The fourth-order valence-electron chi connectivity index (χ4n) is 4.67. The number of piperidine rings is 1. The molecule has 2 atom stereocenters. The molecule has 1 aliphatic carbocycles. The molecule has 2 N–H and O–H groups in total. The van der Waals surface area contributed by atoms with Crippen LogP contribution in [-0.2, 0) is 11.2 Å². The smallest absolute Gasteiger partial charge is 0.225 e. The molecule has 3 aromatic rings. The summed E-state index contributed by atoms with van der Waals surface area (Å²) >= 11 is 0. The summed E-state index contributed by atoms with van der Waals surface area (Å²) in [5, 5.41) is 3.35. The minimum absolute atomic E-state index is 0.0102. The maximum absolute atomic E-state index is 13.1. The molecule has 2 heterocycles. The number of aryl methyl sites for hydroxylation is 1. The second-order valence-electron chi connectivity index (χ2n) is 8.01. The van der Waals surface area contributed by atoms with Crippen LogP contribution < -0.4 is 10.2 Å². The van der Waals surface area contributed by atoms with Gasteiger partial charge in [-0.2, -0.15) is 0 Å². The van der Waals surface area contributed by atoms with Crippen molar-refractivity contribution in [3.63, 3.8) is 0 Å². The second-order valence-corrected chi connectivity index (χ2v) is 8.01. The molecule has 5 rings (SSSR count). The maximum Gasteiger partial charge on any atom is 0.225 e. The molecule has 1 fully saturated rings. The zero-order valence-corrected chi connectivity index (χ0v) is 16.0. The summed E-state index contributed by atoms with van der Waals surface area (Å²) in [6.45, 7) is 1.66. The number of carbonyl (C=O) groups is 1. The zero-order valence-electron chi connectivity index (χ0n) is 16.0. The molecule has 144 valence electrons.